The van der Waals surface area contributed by atoms with Gasteiger partial charge in [-0.1, -0.05) is 6.07 Å². The third-order valence-corrected chi connectivity index (χ3v) is 2.92. The first kappa shape index (κ1) is 12.9. The second-order valence-corrected chi connectivity index (χ2v) is 5.69. The molecule has 0 heterocycles. The number of hydrogen-bond acceptors (Lipinski definition) is 3. The van der Waals surface area contributed by atoms with Crippen LogP contribution in [0, 0.1) is 0 Å². The molecular weight excluding hydrogens is 228 g/mol. The van der Waals surface area contributed by atoms with Crippen molar-refractivity contribution in [3.8, 4) is 0 Å². The van der Waals surface area contributed by atoms with Crippen LogP contribution in [0.2, 0.25) is 0 Å². The maximum Gasteiger partial charge on any atom is 0.412 e. The van der Waals surface area contributed by atoms with E-state index in [1.165, 1.54) is 5.56 Å². The first-order valence-electron chi connectivity index (χ1n) is 6.23. The molecule has 2 rings (SSSR count). The lowest BCUT2D eigenvalue weighted by molar-refractivity contribution is 0.0636. The third-order valence-electron chi connectivity index (χ3n) is 2.92. The van der Waals surface area contributed by atoms with Gasteiger partial charge in [0.25, 0.3) is 0 Å². The Balaban J connectivity index is 2.07. The minimum atomic E-state index is -0.489. The Kier molecular flexibility index (Phi) is 3.30. The number of hydrogen-bond donors (Lipinski definition) is 2. The van der Waals surface area contributed by atoms with Crippen LogP contribution in [0.25, 0.3) is 0 Å². The maximum atomic E-state index is 11.6. The Bertz CT molecular complexity index is 463. The Labute approximate surface area is 108 Å². The summed E-state index contributed by atoms with van der Waals surface area (Å²) in [4.78, 5) is 11.6. The lowest BCUT2D eigenvalue weighted by Gasteiger charge is -2.20. The van der Waals surface area contributed by atoms with Crippen LogP contribution < -0.4 is 11.1 Å². The highest BCUT2D eigenvalue weighted by molar-refractivity contribution is 5.85. The Hall–Kier alpha value is -1.55. The summed E-state index contributed by atoms with van der Waals surface area (Å²) < 4.78 is 5.21. The molecule has 1 unspecified atom stereocenters. The van der Waals surface area contributed by atoms with Gasteiger partial charge < -0.3 is 10.5 Å². The largest absolute Gasteiger partial charge is 0.444 e. The Morgan fingerprint density at radius 1 is 1.44 bits per heavy atom. The topological polar surface area (TPSA) is 64.3 Å². The van der Waals surface area contributed by atoms with Crippen LogP contribution in [-0.2, 0) is 11.2 Å². The minimum absolute atomic E-state index is 0.0837. The van der Waals surface area contributed by atoms with E-state index in [1.807, 2.05) is 39.0 Å². The number of nitrogens with one attached hydrogen (secondary N) is 1. The second kappa shape index (κ2) is 4.61. The summed E-state index contributed by atoms with van der Waals surface area (Å²) in [7, 11) is 0. The molecule has 1 aromatic carbocycles. The van der Waals surface area contributed by atoms with Gasteiger partial charge in [-0.2, -0.15) is 0 Å². The van der Waals surface area contributed by atoms with Crippen LogP contribution in [0.3, 0.4) is 0 Å². The van der Waals surface area contributed by atoms with Crippen molar-refractivity contribution < 1.29 is 9.53 Å². The highest BCUT2D eigenvalue weighted by Crippen LogP contribution is 2.31. The average Bonchev–Trinajstić information content (AvgIpc) is 2.57. The van der Waals surface area contributed by atoms with Crippen molar-refractivity contribution >= 4 is 11.8 Å². The minimum Gasteiger partial charge on any atom is -0.444 e. The van der Waals surface area contributed by atoms with Crippen molar-refractivity contribution in [2.75, 3.05) is 5.32 Å². The zero-order valence-electron chi connectivity index (χ0n) is 11.1. The van der Waals surface area contributed by atoms with Gasteiger partial charge >= 0.3 is 6.09 Å². The lowest BCUT2D eigenvalue weighted by Crippen LogP contribution is -2.27. The Morgan fingerprint density at radius 2 is 2.17 bits per heavy atom. The van der Waals surface area contributed by atoms with E-state index >= 15 is 0 Å². The fraction of sp³-hybridized carbons (Fsp3) is 0.500. The summed E-state index contributed by atoms with van der Waals surface area (Å²) in [5.41, 5.74) is 8.65. The normalized spacial score (nSPS) is 18.3. The number of aryl methyl sites for hydroxylation is 1. The fourth-order valence-corrected chi connectivity index (χ4v) is 2.13. The molecule has 1 aromatic rings. The highest BCUT2D eigenvalue weighted by atomic mass is 16.6. The maximum absolute atomic E-state index is 11.6. The molecule has 1 amide bonds. The van der Waals surface area contributed by atoms with Crippen LogP contribution in [-0.4, -0.2) is 11.7 Å². The van der Waals surface area contributed by atoms with Crippen LogP contribution >= 0.6 is 0 Å². The first-order chi connectivity index (χ1) is 8.35. The van der Waals surface area contributed by atoms with E-state index in [0.29, 0.717) is 0 Å². The standard InChI is InChI=1S/C14H20N2O2/c1-14(2,3)18-13(17)16-10-6-4-9-5-7-12(15)11(9)8-10/h4,6,8,12H,5,7,15H2,1-3H3,(H,16,17). The molecule has 0 saturated heterocycles. The number of anilines is 1. The van der Waals surface area contributed by atoms with Gasteiger partial charge in [0.15, 0.2) is 0 Å². The molecule has 0 saturated carbocycles. The molecule has 4 heteroatoms. The smallest absolute Gasteiger partial charge is 0.412 e. The number of fused-ring (bicyclic) bond motifs is 1. The average molecular weight is 248 g/mol. The molecule has 98 valence electrons. The van der Waals surface area contributed by atoms with Crippen molar-refractivity contribution in [3.05, 3.63) is 29.3 Å². The molecule has 1 aliphatic rings. The van der Waals surface area contributed by atoms with Gasteiger partial charge in [-0.25, -0.2) is 4.79 Å². The van der Waals surface area contributed by atoms with Gasteiger partial charge in [-0.15, -0.1) is 0 Å². The monoisotopic (exact) mass is 248 g/mol. The number of carbonyl (C=O) groups is 1. The summed E-state index contributed by atoms with van der Waals surface area (Å²) in [6, 6.07) is 5.94. The summed E-state index contributed by atoms with van der Waals surface area (Å²) in [5, 5.41) is 2.73. The van der Waals surface area contributed by atoms with Gasteiger partial charge in [0.05, 0.1) is 0 Å². The predicted octanol–water partition coefficient (Wildman–Crippen LogP) is 2.98. The van der Waals surface area contributed by atoms with Gasteiger partial charge in [-0.05, 0) is 56.9 Å². The molecule has 0 aromatic heterocycles. The van der Waals surface area contributed by atoms with Crippen molar-refractivity contribution in [1.82, 2.24) is 0 Å². The van der Waals surface area contributed by atoms with Crippen LogP contribution in [0.1, 0.15) is 44.4 Å². The fourth-order valence-electron chi connectivity index (χ4n) is 2.13. The lowest BCUT2D eigenvalue weighted by atomic mass is 10.1. The van der Waals surface area contributed by atoms with Gasteiger partial charge in [0.1, 0.15) is 5.60 Å². The molecule has 1 aliphatic carbocycles. The van der Waals surface area contributed by atoms with E-state index in [1.54, 1.807) is 0 Å². The van der Waals surface area contributed by atoms with Crippen molar-refractivity contribution in [1.29, 1.82) is 0 Å². The van der Waals surface area contributed by atoms with Crippen LogP contribution in [0.15, 0.2) is 18.2 Å². The number of rotatable bonds is 1. The van der Waals surface area contributed by atoms with Crippen molar-refractivity contribution in [3.63, 3.8) is 0 Å². The number of amides is 1. The second-order valence-electron chi connectivity index (χ2n) is 5.69. The summed E-state index contributed by atoms with van der Waals surface area (Å²) in [6.07, 6.45) is 1.56. The molecule has 0 aliphatic heterocycles. The summed E-state index contributed by atoms with van der Waals surface area (Å²) in [5.74, 6) is 0. The SMILES string of the molecule is CC(C)(C)OC(=O)Nc1ccc2c(c1)C(N)CC2. The van der Waals surface area contributed by atoms with Crippen LogP contribution in [0.4, 0.5) is 10.5 Å². The zero-order chi connectivity index (χ0) is 13.3. The number of nitrogens with two attached hydrogens (primary N) is 1. The molecule has 3 N–H and O–H groups in total. The van der Waals surface area contributed by atoms with E-state index in [0.717, 1.165) is 24.1 Å². The van der Waals surface area contributed by atoms with E-state index < -0.39 is 11.7 Å². The quantitative estimate of drug-likeness (QED) is 0.803. The van der Waals surface area contributed by atoms with E-state index in [4.69, 9.17) is 10.5 Å². The van der Waals surface area contributed by atoms with E-state index in [2.05, 4.69) is 5.32 Å². The molecule has 4 nitrogen and oxygen atoms in total. The van der Waals surface area contributed by atoms with E-state index in [9.17, 15) is 4.79 Å². The van der Waals surface area contributed by atoms with E-state index in [-0.39, 0.29) is 6.04 Å². The summed E-state index contributed by atoms with van der Waals surface area (Å²) in [6.45, 7) is 5.52. The van der Waals surface area contributed by atoms with Crippen molar-refractivity contribution in [2.24, 2.45) is 5.73 Å². The number of ether oxygens (including phenoxy) is 1. The first-order valence-corrected chi connectivity index (χ1v) is 6.23. The Morgan fingerprint density at radius 3 is 2.83 bits per heavy atom. The van der Waals surface area contributed by atoms with Crippen molar-refractivity contribution in [2.45, 2.75) is 45.3 Å². The molecule has 1 atom stereocenters. The van der Waals surface area contributed by atoms with Crippen LogP contribution in [0.5, 0.6) is 0 Å². The molecule has 18 heavy (non-hydrogen) atoms. The van der Waals surface area contributed by atoms with Gasteiger partial charge in [0.2, 0.25) is 0 Å². The zero-order valence-corrected chi connectivity index (χ0v) is 11.1. The third kappa shape index (κ3) is 3.01. The molecule has 0 fully saturated rings. The molecule has 0 radical (unpaired) electrons. The number of benzene rings is 1. The predicted molar refractivity (Wildman–Crippen MR) is 71.5 cm³/mol. The molecule has 0 spiro atoms. The summed E-state index contributed by atoms with van der Waals surface area (Å²) >= 11 is 0. The van der Waals surface area contributed by atoms with Gasteiger partial charge in [-0.3, -0.25) is 5.32 Å². The van der Waals surface area contributed by atoms with Gasteiger partial charge in [0, 0.05) is 11.7 Å². The molecular formula is C14H20N2O2. The molecule has 0 bridgehead atoms. The number of carbonyl (C=O) groups excluding carboxylic acids is 1. The highest BCUT2D eigenvalue weighted by Gasteiger charge is 2.20.